The molecule has 11 heteroatoms. The van der Waals surface area contributed by atoms with Gasteiger partial charge in [-0.15, -0.1) is 6.58 Å². The fourth-order valence-electron chi connectivity index (χ4n) is 3.61. The fourth-order valence-corrected chi connectivity index (χ4v) is 4.11. The molecule has 2 fully saturated rings. The zero-order valence-corrected chi connectivity index (χ0v) is 19.3. The Morgan fingerprint density at radius 1 is 1.25 bits per heavy atom. The highest BCUT2D eigenvalue weighted by Gasteiger charge is 2.50. The van der Waals surface area contributed by atoms with Crippen LogP contribution in [0.2, 0.25) is 0 Å². The molecule has 0 aromatic carbocycles. The fraction of sp³-hybridized carbons (Fsp3) is 0.714. The largest absolute Gasteiger partial charge is 0.534 e. The summed E-state index contributed by atoms with van der Waals surface area (Å²) in [5, 5.41) is 0. The van der Waals surface area contributed by atoms with Crippen LogP contribution >= 0.6 is 0 Å². The first kappa shape index (κ1) is 26.8. The van der Waals surface area contributed by atoms with Gasteiger partial charge in [-0.3, -0.25) is 0 Å². The number of allylic oxidation sites excluding steroid dienone is 3. The molecule has 3 atom stereocenters. The van der Waals surface area contributed by atoms with Gasteiger partial charge >= 0.3 is 15.6 Å². The van der Waals surface area contributed by atoms with Crippen molar-refractivity contribution in [3.63, 3.8) is 0 Å². The number of ether oxygens (including phenoxy) is 4. The summed E-state index contributed by atoms with van der Waals surface area (Å²) in [6.45, 7) is 6.84. The lowest BCUT2D eigenvalue weighted by molar-refractivity contribution is -0.170. The second-order valence-corrected chi connectivity index (χ2v) is 9.66. The molecule has 1 saturated carbocycles. The van der Waals surface area contributed by atoms with Crippen molar-refractivity contribution in [1.29, 1.82) is 0 Å². The Labute approximate surface area is 187 Å². The third-order valence-electron chi connectivity index (χ3n) is 5.07. The van der Waals surface area contributed by atoms with E-state index in [0.29, 0.717) is 0 Å². The molecule has 2 rings (SSSR count). The highest BCUT2D eigenvalue weighted by molar-refractivity contribution is 7.87. The lowest BCUT2D eigenvalue weighted by Gasteiger charge is -2.26. The molecule has 184 valence electrons. The minimum Gasteiger partial charge on any atom is -0.380 e. The highest BCUT2D eigenvalue weighted by atomic mass is 32.2. The Bertz CT molecular complexity index is 795. The van der Waals surface area contributed by atoms with E-state index in [4.69, 9.17) is 18.9 Å². The van der Waals surface area contributed by atoms with Crippen LogP contribution < -0.4 is 0 Å². The second kappa shape index (κ2) is 11.1. The van der Waals surface area contributed by atoms with Gasteiger partial charge in [-0.05, 0) is 45.6 Å². The number of methoxy groups -OCH3 is 1. The van der Waals surface area contributed by atoms with Gasteiger partial charge in [0.25, 0.3) is 0 Å². The van der Waals surface area contributed by atoms with Crippen LogP contribution in [0.25, 0.3) is 0 Å². The molecule has 1 heterocycles. The maximum atomic E-state index is 13.0. The van der Waals surface area contributed by atoms with Crippen molar-refractivity contribution in [2.24, 2.45) is 0 Å². The van der Waals surface area contributed by atoms with E-state index in [1.807, 2.05) is 0 Å². The Morgan fingerprint density at radius 2 is 1.91 bits per heavy atom. The van der Waals surface area contributed by atoms with Crippen LogP contribution in [0.1, 0.15) is 52.4 Å². The lowest BCUT2D eigenvalue weighted by Crippen LogP contribution is -2.38. The third-order valence-corrected chi connectivity index (χ3v) is 6.07. The Morgan fingerprint density at radius 3 is 2.47 bits per heavy atom. The van der Waals surface area contributed by atoms with Crippen LogP contribution in [-0.2, 0) is 33.2 Å². The summed E-state index contributed by atoms with van der Waals surface area (Å²) in [5.41, 5.74) is -4.55. The zero-order valence-electron chi connectivity index (χ0n) is 18.5. The van der Waals surface area contributed by atoms with E-state index in [1.54, 1.807) is 19.9 Å². The van der Waals surface area contributed by atoms with Crippen molar-refractivity contribution in [3.05, 3.63) is 36.1 Å². The van der Waals surface area contributed by atoms with Crippen molar-refractivity contribution < 1.29 is 44.7 Å². The van der Waals surface area contributed by atoms with E-state index in [1.165, 1.54) is 19.3 Å². The minimum absolute atomic E-state index is 0.199. The molecule has 32 heavy (non-hydrogen) atoms. The van der Waals surface area contributed by atoms with Crippen LogP contribution in [0, 0.1) is 0 Å². The molecule has 7 nitrogen and oxygen atoms in total. The van der Waals surface area contributed by atoms with Crippen molar-refractivity contribution in [2.45, 2.75) is 82.0 Å². The van der Waals surface area contributed by atoms with Crippen LogP contribution in [-0.4, -0.2) is 51.9 Å². The molecule has 0 N–H and O–H groups in total. The molecule has 0 spiro atoms. The summed E-state index contributed by atoms with van der Waals surface area (Å²) >= 11 is 0. The van der Waals surface area contributed by atoms with Crippen molar-refractivity contribution in [2.75, 3.05) is 13.9 Å². The van der Waals surface area contributed by atoms with Crippen LogP contribution in [0.4, 0.5) is 13.2 Å². The van der Waals surface area contributed by atoms with Gasteiger partial charge in [0.2, 0.25) is 0 Å². The van der Waals surface area contributed by atoms with E-state index < -0.39 is 45.5 Å². The quantitative estimate of drug-likeness (QED) is 0.146. The van der Waals surface area contributed by atoms with E-state index in [0.717, 1.165) is 37.7 Å². The molecule has 0 aromatic heterocycles. The standard InChI is InChI=1S/C21H31F3O7S/c1-5-17-19(30-20(2,3)29-17)18(28-14-27-4)13-16(31-32(25,26)21(22,23)24)12-11-15-9-7-6-8-10-15/h5,11-12,17-19H,1,6-10,13-14H2,2-4H3/b16-12+/t17-,18-,19+/m1/s1. The topological polar surface area (TPSA) is 80.3 Å². The molecule has 1 aliphatic heterocycles. The predicted octanol–water partition coefficient (Wildman–Crippen LogP) is 4.71. The molecule has 0 radical (unpaired) electrons. The summed E-state index contributed by atoms with van der Waals surface area (Å²) in [6.07, 6.45) is 6.32. The summed E-state index contributed by atoms with van der Waals surface area (Å²) in [6, 6.07) is 0. The molecule has 2 aliphatic rings. The average molecular weight is 485 g/mol. The van der Waals surface area contributed by atoms with Crippen molar-refractivity contribution in [3.8, 4) is 0 Å². The summed E-state index contributed by atoms with van der Waals surface area (Å²) < 4.78 is 89.0. The normalized spacial score (nSPS) is 25.4. The summed E-state index contributed by atoms with van der Waals surface area (Å²) in [5.74, 6) is -1.41. The lowest BCUT2D eigenvalue weighted by atomic mass is 9.94. The highest BCUT2D eigenvalue weighted by Crippen LogP contribution is 2.35. The first-order chi connectivity index (χ1) is 14.9. The number of rotatable bonds is 10. The molecular weight excluding hydrogens is 453 g/mol. The van der Waals surface area contributed by atoms with Gasteiger partial charge in [0.05, 0.1) is 6.10 Å². The number of alkyl halides is 3. The molecule has 0 bridgehead atoms. The van der Waals surface area contributed by atoms with Gasteiger partial charge in [-0.2, -0.15) is 21.6 Å². The van der Waals surface area contributed by atoms with E-state index >= 15 is 0 Å². The third kappa shape index (κ3) is 7.58. The number of halogens is 3. The van der Waals surface area contributed by atoms with Gasteiger partial charge < -0.3 is 23.1 Å². The van der Waals surface area contributed by atoms with Crippen LogP contribution in [0.3, 0.4) is 0 Å². The Kier molecular flexibility index (Phi) is 9.35. The van der Waals surface area contributed by atoms with Gasteiger partial charge in [-0.25, -0.2) is 0 Å². The van der Waals surface area contributed by atoms with E-state index in [9.17, 15) is 21.6 Å². The molecule has 1 aliphatic carbocycles. The summed E-state index contributed by atoms with van der Waals surface area (Å²) in [4.78, 5) is 0. The first-order valence-electron chi connectivity index (χ1n) is 10.4. The van der Waals surface area contributed by atoms with Gasteiger partial charge in [-0.1, -0.05) is 24.1 Å². The monoisotopic (exact) mass is 484 g/mol. The van der Waals surface area contributed by atoms with Gasteiger partial charge in [0.1, 0.15) is 24.8 Å². The van der Waals surface area contributed by atoms with E-state index in [-0.39, 0.29) is 13.2 Å². The molecule has 0 aromatic rings. The zero-order chi connectivity index (χ0) is 24.0. The number of hydrogen-bond acceptors (Lipinski definition) is 7. The Balaban J connectivity index is 2.34. The van der Waals surface area contributed by atoms with Gasteiger partial charge in [0, 0.05) is 13.5 Å². The van der Waals surface area contributed by atoms with E-state index in [2.05, 4.69) is 10.8 Å². The molecule has 0 amide bonds. The minimum atomic E-state index is -5.86. The Hall–Kier alpha value is -1.40. The van der Waals surface area contributed by atoms with Gasteiger partial charge in [0.15, 0.2) is 5.79 Å². The van der Waals surface area contributed by atoms with Crippen LogP contribution in [0.5, 0.6) is 0 Å². The number of hydrogen-bond donors (Lipinski definition) is 0. The molecule has 0 unspecified atom stereocenters. The maximum absolute atomic E-state index is 13.0. The predicted molar refractivity (Wildman–Crippen MR) is 111 cm³/mol. The first-order valence-corrected chi connectivity index (χ1v) is 11.8. The molecule has 1 saturated heterocycles. The smallest absolute Gasteiger partial charge is 0.380 e. The second-order valence-electron chi connectivity index (χ2n) is 8.12. The van der Waals surface area contributed by atoms with Crippen LogP contribution in [0.15, 0.2) is 36.1 Å². The molecular formula is C21H31F3O7S. The SMILES string of the molecule is C=C[C@H]1OC(C)(C)O[C@@H]1[C@@H](C/C(=C\C=C1CCCCC1)OS(=O)(=O)C(F)(F)F)OCOC. The maximum Gasteiger partial charge on any atom is 0.534 e. The summed E-state index contributed by atoms with van der Waals surface area (Å²) in [7, 11) is -4.48. The average Bonchev–Trinajstić information content (AvgIpc) is 3.03. The van der Waals surface area contributed by atoms with Crippen molar-refractivity contribution in [1.82, 2.24) is 0 Å². The van der Waals surface area contributed by atoms with Crippen molar-refractivity contribution >= 4 is 10.1 Å².